The van der Waals surface area contributed by atoms with Crippen molar-refractivity contribution in [2.24, 2.45) is 0 Å². The first-order chi connectivity index (χ1) is 0. The minimum absolute atomic E-state index is 0. The molecule has 0 heterocycles. The predicted molar refractivity (Wildman–Crippen MR) is 33.4 cm³/mol. The molecular weight excluding hydrogens is 400 g/mol. The summed E-state index contributed by atoms with van der Waals surface area (Å²) in [7, 11) is 0. The van der Waals surface area contributed by atoms with Gasteiger partial charge in [0.2, 0.25) is 0 Å². The second-order valence-corrected chi connectivity index (χ2v) is 0. The Morgan fingerprint density at radius 1 is 0.500 bits per heavy atom. The molecule has 0 rings (SSSR count). The molecule has 32 valence electrons. The number of hydrogen-bond donors (Lipinski definition) is 0. The molecule has 0 aromatic carbocycles. The van der Waals surface area contributed by atoms with Crippen LogP contribution in [0.15, 0.2) is 0 Å². The summed E-state index contributed by atoms with van der Waals surface area (Å²) in [5, 5.41) is 0. The molecule has 0 nitrogen and oxygen atoms in total. The van der Waals surface area contributed by atoms with Crippen LogP contribution in [0.4, 0.5) is 0 Å². The Balaban J connectivity index is 0. The van der Waals surface area contributed by atoms with E-state index in [9.17, 15) is 0 Å². The van der Waals surface area contributed by atoms with E-state index in [1.165, 1.54) is 0 Å². The van der Waals surface area contributed by atoms with Gasteiger partial charge < -0.3 is 40.5 Å². The summed E-state index contributed by atoms with van der Waals surface area (Å²) in [6.07, 6.45) is 0. The molecule has 0 bridgehead atoms. The van der Waals surface area contributed by atoms with E-state index in [4.69, 9.17) is 0 Å². The van der Waals surface area contributed by atoms with Crippen LogP contribution >= 0.6 is 0 Å². The molecule has 0 spiro atoms. The van der Waals surface area contributed by atoms with E-state index < -0.39 is 0 Å². The van der Waals surface area contributed by atoms with Crippen LogP contribution in [0.2, 0.25) is 0 Å². The number of hydrogen-bond acceptors (Lipinski definition) is 0. The molecule has 0 atom stereocenters. The first kappa shape index (κ1) is 57.2. The van der Waals surface area contributed by atoms with Gasteiger partial charge in [0, 0.05) is 0 Å². The Morgan fingerprint density at radius 3 is 0.500 bits per heavy atom. The average Bonchev–Trinajstić information content (AvgIpc) is 0. The zero-order valence-electron chi connectivity index (χ0n) is 3.35. The normalized spacial score (nSPS) is 0. The van der Waals surface area contributed by atoms with Crippen LogP contribution in [0.1, 0.15) is 0 Å². The molecule has 0 aromatic heterocycles. The summed E-state index contributed by atoms with van der Waals surface area (Å²) in [6, 6.07) is 0. The van der Waals surface area contributed by atoms with Gasteiger partial charge in [-0.3, -0.25) is 0 Å². The second kappa shape index (κ2) is 39.7. The molecule has 0 aliphatic rings. The SMILES string of the molecule is [Cd+2].[Cd+2].[S-2].[S-2].[S-2].[SeH4+2]. The molecule has 0 amide bonds. The van der Waals surface area contributed by atoms with Crippen molar-refractivity contribution in [2.45, 2.75) is 0 Å². The van der Waals surface area contributed by atoms with Crippen LogP contribution in [-0.2, 0) is 95.1 Å². The van der Waals surface area contributed by atoms with Crippen molar-refractivity contribution in [1.82, 2.24) is 0 Å². The monoisotopic (exact) mass is 408 g/mol. The molecule has 0 aromatic rings. The second-order valence-electron chi connectivity index (χ2n) is 0. The van der Waals surface area contributed by atoms with Gasteiger partial charge in [0.1, 0.15) is 0 Å². The van der Waals surface area contributed by atoms with Gasteiger partial charge in [-0.25, -0.2) is 0 Å². The summed E-state index contributed by atoms with van der Waals surface area (Å²) in [5.74, 6) is 0. The fourth-order valence-corrected chi connectivity index (χ4v) is 0. The van der Waals surface area contributed by atoms with Gasteiger partial charge in [-0.15, -0.1) is 0 Å². The molecule has 0 saturated heterocycles. The fraction of sp³-hybridized carbons (Fsp3) is 0. The Kier molecular flexibility index (Phi) is 378. The zero-order valence-corrected chi connectivity index (χ0v) is 16.8. The predicted octanol–water partition coefficient (Wildman–Crippen LogP) is -1.46. The Bertz CT molecular complexity index is 8.75. The van der Waals surface area contributed by atoms with Crippen molar-refractivity contribution in [2.75, 3.05) is 0 Å². The van der Waals surface area contributed by atoms with Gasteiger partial charge in [-0.2, -0.15) is 0 Å². The van der Waals surface area contributed by atoms with Gasteiger partial charge in [0.05, 0.1) is 0 Å². The van der Waals surface area contributed by atoms with Crippen molar-refractivity contribution in [3.05, 3.63) is 0 Å². The van der Waals surface area contributed by atoms with Crippen LogP contribution in [0.5, 0.6) is 0 Å². The van der Waals surface area contributed by atoms with E-state index in [2.05, 4.69) is 0 Å². The molecule has 0 saturated carbocycles. The fourth-order valence-electron chi connectivity index (χ4n) is 0. The Morgan fingerprint density at radius 2 is 0.500 bits per heavy atom. The number of rotatable bonds is 0. The molecular formula is H4Cd2S3Se. The standard InChI is InChI=1S/2Cd.3S.H4Se/h;;;;;1H4/q2*+2;3*-2;+2. The van der Waals surface area contributed by atoms with Gasteiger partial charge >= 0.3 is 71.7 Å². The van der Waals surface area contributed by atoms with Crippen molar-refractivity contribution in [3.8, 4) is 0 Å². The van der Waals surface area contributed by atoms with Crippen molar-refractivity contribution >= 4 is 57.6 Å². The van der Waals surface area contributed by atoms with Gasteiger partial charge in [-0.1, -0.05) is 0 Å². The molecule has 0 aliphatic carbocycles. The molecule has 0 unspecified atom stereocenters. The van der Waals surface area contributed by atoms with Crippen molar-refractivity contribution in [3.63, 3.8) is 0 Å². The maximum atomic E-state index is 0. The van der Waals surface area contributed by atoms with E-state index in [1.807, 2.05) is 0 Å². The van der Waals surface area contributed by atoms with Crippen molar-refractivity contribution < 1.29 is 54.6 Å². The zero-order chi connectivity index (χ0) is 0. The van der Waals surface area contributed by atoms with Gasteiger partial charge in [0.25, 0.3) is 0 Å². The van der Waals surface area contributed by atoms with Gasteiger partial charge in [-0.05, 0) is 0 Å². The maximum absolute atomic E-state index is 0. The summed E-state index contributed by atoms with van der Waals surface area (Å²) >= 11 is 0. The molecule has 0 radical (unpaired) electrons. The Hall–Kier alpha value is 3.41. The van der Waals surface area contributed by atoms with Crippen LogP contribution in [0, 0.1) is 0 Å². The minimum atomic E-state index is 0. The first-order valence-electron chi connectivity index (χ1n) is 0. The topological polar surface area (TPSA) is 0 Å². The molecule has 0 aliphatic heterocycles. The van der Waals surface area contributed by atoms with Crippen LogP contribution in [0.3, 0.4) is 0 Å². The quantitative estimate of drug-likeness (QED) is 0.433. The Labute approximate surface area is 110 Å². The summed E-state index contributed by atoms with van der Waals surface area (Å²) in [4.78, 5) is 0. The molecule has 0 fully saturated rings. The molecule has 6 heteroatoms. The van der Waals surface area contributed by atoms with Crippen LogP contribution < -0.4 is 0 Å². The first-order valence-corrected chi connectivity index (χ1v) is 0. The van der Waals surface area contributed by atoms with E-state index in [0.717, 1.165) is 0 Å². The summed E-state index contributed by atoms with van der Waals surface area (Å²) < 4.78 is 0. The van der Waals surface area contributed by atoms with E-state index >= 15 is 0 Å². The summed E-state index contributed by atoms with van der Waals surface area (Å²) in [6.45, 7) is 0. The van der Waals surface area contributed by atoms with Crippen LogP contribution in [0.25, 0.3) is 0 Å². The third kappa shape index (κ3) is 26.2. The van der Waals surface area contributed by atoms with E-state index in [-0.39, 0.29) is 112 Å². The molecule has 0 N–H and O–H groups in total. The summed E-state index contributed by atoms with van der Waals surface area (Å²) in [5.41, 5.74) is 0. The van der Waals surface area contributed by atoms with E-state index in [0.29, 0.717) is 0 Å². The van der Waals surface area contributed by atoms with Crippen LogP contribution in [-0.4, -0.2) is 17.1 Å². The van der Waals surface area contributed by atoms with Crippen molar-refractivity contribution in [1.29, 1.82) is 0 Å². The van der Waals surface area contributed by atoms with Gasteiger partial charge in [0.15, 0.2) is 0 Å². The van der Waals surface area contributed by atoms with E-state index in [1.54, 1.807) is 0 Å². The molecule has 6 heavy (non-hydrogen) atoms. The third-order valence-corrected chi connectivity index (χ3v) is 0. The average molecular weight is 404 g/mol. The third-order valence-electron chi connectivity index (χ3n) is 0.